The Kier molecular flexibility index (Phi) is 10.6. The van der Waals surface area contributed by atoms with Gasteiger partial charge in [-0.3, -0.25) is 0 Å². The molecule has 0 radical (unpaired) electrons. The molecule has 23 heavy (non-hydrogen) atoms. The van der Waals surface area contributed by atoms with Gasteiger partial charge in [-0.2, -0.15) is 0 Å². The highest BCUT2D eigenvalue weighted by Crippen LogP contribution is 2.28. The molecule has 0 aromatic carbocycles. The second-order valence-electron chi connectivity index (χ2n) is 6.54. The number of hydrogen-bond acceptors (Lipinski definition) is 4. The predicted molar refractivity (Wildman–Crippen MR) is 93.5 cm³/mol. The van der Waals surface area contributed by atoms with Crippen molar-refractivity contribution in [3.05, 3.63) is 11.6 Å². The zero-order chi connectivity index (χ0) is 16.9. The molecule has 0 bridgehead atoms. The molecule has 0 aromatic rings. The van der Waals surface area contributed by atoms with Crippen LogP contribution in [0.25, 0.3) is 0 Å². The van der Waals surface area contributed by atoms with Gasteiger partial charge in [0.05, 0.1) is 0 Å². The highest BCUT2D eigenvalue weighted by molar-refractivity contribution is 5.85. The molecule has 1 aliphatic rings. The Bertz CT molecular complexity index is 379. The second-order valence-corrected chi connectivity index (χ2v) is 6.54. The van der Waals surface area contributed by atoms with Gasteiger partial charge in [-0.1, -0.05) is 71.1 Å². The van der Waals surface area contributed by atoms with Crippen LogP contribution in [0.5, 0.6) is 0 Å². The highest BCUT2D eigenvalue weighted by atomic mass is 16.6. The fourth-order valence-corrected chi connectivity index (χ4v) is 3.18. The molecule has 2 N–H and O–H groups in total. The van der Waals surface area contributed by atoms with Crippen molar-refractivity contribution in [2.45, 2.75) is 90.3 Å². The van der Waals surface area contributed by atoms with E-state index in [9.17, 15) is 9.90 Å². The molecular formula is C19H33NO3. The third-order valence-electron chi connectivity index (χ3n) is 4.58. The molecule has 0 fully saturated rings. The van der Waals surface area contributed by atoms with Crippen LogP contribution in [0.2, 0.25) is 0 Å². The maximum atomic E-state index is 11.2. The summed E-state index contributed by atoms with van der Waals surface area (Å²) < 4.78 is 4.75. The van der Waals surface area contributed by atoms with E-state index in [0.717, 1.165) is 12.8 Å². The number of esters is 1. The molecule has 1 heterocycles. The number of carbonyl (C=O) groups excluding carboxylic acids is 1. The van der Waals surface area contributed by atoms with E-state index in [1.165, 1.54) is 70.1 Å². The smallest absolute Gasteiger partial charge is 0.333 e. The van der Waals surface area contributed by atoms with Crippen molar-refractivity contribution >= 4 is 12.2 Å². The van der Waals surface area contributed by atoms with E-state index >= 15 is 0 Å². The number of ether oxygens (including phenoxy) is 1. The van der Waals surface area contributed by atoms with E-state index in [2.05, 4.69) is 6.92 Å². The Balaban J connectivity index is 2.11. The molecule has 2 unspecified atom stereocenters. The predicted octanol–water partition coefficient (Wildman–Crippen LogP) is 4.75. The topological polar surface area (TPSA) is 70.4 Å². The van der Waals surface area contributed by atoms with Gasteiger partial charge in [-0.15, -0.1) is 0 Å². The molecular weight excluding hydrogens is 290 g/mol. The minimum atomic E-state index is -1.10. The van der Waals surface area contributed by atoms with Gasteiger partial charge >= 0.3 is 5.97 Å². The molecule has 0 saturated heterocycles. The van der Waals surface area contributed by atoms with Crippen molar-refractivity contribution in [2.24, 2.45) is 5.92 Å². The highest BCUT2D eigenvalue weighted by Gasteiger charge is 2.29. The maximum Gasteiger partial charge on any atom is 0.333 e. The summed E-state index contributed by atoms with van der Waals surface area (Å²) >= 11 is 0. The zero-order valence-corrected chi connectivity index (χ0v) is 14.6. The van der Waals surface area contributed by atoms with E-state index in [1.54, 1.807) is 0 Å². The van der Waals surface area contributed by atoms with Gasteiger partial charge in [0.25, 0.3) is 0 Å². The number of unbranched alkanes of at least 4 members (excludes halogenated alkanes) is 9. The van der Waals surface area contributed by atoms with Gasteiger partial charge in [-0.25, -0.2) is 4.79 Å². The number of nitrogens with one attached hydrogen (secondary N) is 1. The summed E-state index contributed by atoms with van der Waals surface area (Å²) in [6.07, 6.45) is 16.0. The van der Waals surface area contributed by atoms with Gasteiger partial charge < -0.3 is 15.3 Å². The number of hydrogen-bond donors (Lipinski definition) is 2. The summed E-state index contributed by atoms with van der Waals surface area (Å²) in [6, 6.07) is 0. The standard InChI is InChI=1S/C19H33NO3/c1-2-3-4-5-6-7-8-9-10-11-12-16(13-14-20)17-15-18(21)23-19(17)22/h14-16,19-20,22H,2-13H2,1H3. The Morgan fingerprint density at radius 1 is 1.13 bits per heavy atom. The summed E-state index contributed by atoms with van der Waals surface area (Å²) in [5, 5.41) is 17.0. The largest absolute Gasteiger partial charge is 0.429 e. The molecule has 1 rings (SSSR count). The second kappa shape index (κ2) is 12.3. The Labute approximate surface area is 140 Å². The summed E-state index contributed by atoms with van der Waals surface area (Å²) in [6.45, 7) is 2.24. The van der Waals surface area contributed by atoms with Crippen LogP contribution >= 0.6 is 0 Å². The van der Waals surface area contributed by atoms with Crippen LogP contribution in [0, 0.1) is 11.3 Å². The SMILES string of the molecule is CCCCCCCCCCCCC(CC=N)C1=CC(=O)OC1O. The van der Waals surface area contributed by atoms with E-state index < -0.39 is 12.3 Å². The van der Waals surface area contributed by atoms with Crippen molar-refractivity contribution in [1.82, 2.24) is 0 Å². The van der Waals surface area contributed by atoms with Gasteiger partial charge in [-0.05, 0) is 25.0 Å². The molecule has 0 aliphatic carbocycles. The van der Waals surface area contributed by atoms with Gasteiger partial charge in [0.1, 0.15) is 0 Å². The number of rotatable bonds is 14. The van der Waals surface area contributed by atoms with Crippen molar-refractivity contribution in [2.75, 3.05) is 0 Å². The van der Waals surface area contributed by atoms with Crippen LogP contribution in [0.4, 0.5) is 0 Å². The first-order chi connectivity index (χ1) is 11.2. The maximum absolute atomic E-state index is 11.2. The van der Waals surface area contributed by atoms with Crippen molar-refractivity contribution in [3.63, 3.8) is 0 Å². The Morgan fingerprint density at radius 3 is 2.17 bits per heavy atom. The number of aliphatic hydroxyl groups excluding tert-OH is 1. The number of cyclic esters (lactones) is 1. The molecule has 0 saturated carbocycles. The lowest BCUT2D eigenvalue weighted by atomic mass is 9.90. The van der Waals surface area contributed by atoms with Crippen LogP contribution in [0.1, 0.15) is 84.0 Å². The number of aliphatic hydroxyl groups is 1. The normalized spacial score (nSPS) is 18.6. The van der Waals surface area contributed by atoms with Crippen LogP contribution in [0.3, 0.4) is 0 Å². The molecule has 0 aromatic heterocycles. The average Bonchev–Trinajstić information content (AvgIpc) is 2.86. The lowest BCUT2D eigenvalue weighted by Crippen LogP contribution is -2.17. The van der Waals surface area contributed by atoms with E-state index in [0.29, 0.717) is 12.0 Å². The van der Waals surface area contributed by atoms with Crippen molar-refractivity contribution in [1.29, 1.82) is 5.41 Å². The molecule has 0 amide bonds. The van der Waals surface area contributed by atoms with Gasteiger partial charge in [0, 0.05) is 11.6 Å². The van der Waals surface area contributed by atoms with E-state index in [4.69, 9.17) is 10.1 Å². The van der Waals surface area contributed by atoms with Gasteiger partial charge in [0.15, 0.2) is 0 Å². The lowest BCUT2D eigenvalue weighted by molar-refractivity contribution is -0.151. The van der Waals surface area contributed by atoms with E-state index in [1.807, 2.05) is 0 Å². The molecule has 0 spiro atoms. The van der Waals surface area contributed by atoms with Crippen LogP contribution < -0.4 is 0 Å². The van der Waals surface area contributed by atoms with Crippen molar-refractivity contribution in [3.8, 4) is 0 Å². The van der Waals surface area contributed by atoms with Crippen molar-refractivity contribution < 1.29 is 14.6 Å². The third kappa shape index (κ3) is 8.31. The first-order valence-corrected chi connectivity index (χ1v) is 9.28. The number of carbonyl (C=O) groups is 1. The Hall–Kier alpha value is -1.16. The minimum absolute atomic E-state index is 0.0583. The monoisotopic (exact) mass is 323 g/mol. The molecule has 2 atom stereocenters. The zero-order valence-electron chi connectivity index (χ0n) is 14.6. The minimum Gasteiger partial charge on any atom is -0.429 e. The molecule has 4 heteroatoms. The Morgan fingerprint density at radius 2 is 1.70 bits per heavy atom. The fourth-order valence-electron chi connectivity index (χ4n) is 3.18. The van der Waals surface area contributed by atoms with Crippen LogP contribution in [0.15, 0.2) is 11.6 Å². The summed E-state index contributed by atoms with van der Waals surface area (Å²) in [7, 11) is 0. The first-order valence-electron chi connectivity index (χ1n) is 9.28. The summed E-state index contributed by atoms with van der Waals surface area (Å²) in [4.78, 5) is 11.2. The average molecular weight is 323 g/mol. The van der Waals surface area contributed by atoms with Gasteiger partial charge in [0.2, 0.25) is 6.29 Å². The fraction of sp³-hybridized carbons (Fsp3) is 0.789. The molecule has 132 valence electrons. The van der Waals surface area contributed by atoms with Crippen LogP contribution in [-0.4, -0.2) is 23.6 Å². The molecule has 1 aliphatic heterocycles. The summed E-state index contributed by atoms with van der Waals surface area (Å²) in [5.41, 5.74) is 0.648. The first kappa shape index (κ1) is 19.9. The quantitative estimate of drug-likeness (QED) is 0.275. The van der Waals surface area contributed by atoms with Crippen LogP contribution in [-0.2, 0) is 9.53 Å². The summed E-state index contributed by atoms with van der Waals surface area (Å²) in [5.74, 6) is -0.409. The lowest BCUT2D eigenvalue weighted by Gasteiger charge is -2.18. The van der Waals surface area contributed by atoms with E-state index in [-0.39, 0.29) is 5.92 Å². The third-order valence-corrected chi connectivity index (χ3v) is 4.58. The molecule has 4 nitrogen and oxygen atoms in total.